The Morgan fingerprint density at radius 1 is 1.13 bits per heavy atom. The summed E-state index contributed by atoms with van der Waals surface area (Å²) in [6.07, 6.45) is -1.07. The number of ketones is 1. The van der Waals surface area contributed by atoms with E-state index in [2.05, 4.69) is 0 Å². The fourth-order valence-electron chi connectivity index (χ4n) is 3.07. The standard InChI is InChI=1S/C16H12O7/c17-7-4-10(19)13-11(5-7)23-12-6-22-14-8(2-1-3-9(14)18)16(12,21)15(13)20/h1-5,12,17-19,21H,6H2. The van der Waals surface area contributed by atoms with Crippen LogP contribution in [-0.4, -0.2) is 38.9 Å². The average Bonchev–Trinajstić information content (AvgIpc) is 2.49. The van der Waals surface area contributed by atoms with Gasteiger partial charge < -0.3 is 29.9 Å². The van der Waals surface area contributed by atoms with Gasteiger partial charge in [-0.05, 0) is 6.07 Å². The highest BCUT2D eigenvalue weighted by atomic mass is 16.6. The van der Waals surface area contributed by atoms with Crippen LogP contribution in [0.5, 0.6) is 28.7 Å². The number of aromatic hydroxyl groups is 3. The molecular formula is C16H12O7. The Bertz CT molecular complexity index is 845. The minimum atomic E-state index is -2.10. The molecule has 0 fully saturated rings. The monoisotopic (exact) mass is 316 g/mol. The number of rotatable bonds is 0. The van der Waals surface area contributed by atoms with Gasteiger partial charge >= 0.3 is 0 Å². The van der Waals surface area contributed by atoms with Crippen LogP contribution in [0, 0.1) is 0 Å². The van der Waals surface area contributed by atoms with Crippen LogP contribution >= 0.6 is 0 Å². The van der Waals surface area contributed by atoms with Crippen molar-refractivity contribution < 1.29 is 34.7 Å². The molecule has 0 amide bonds. The van der Waals surface area contributed by atoms with E-state index in [1.165, 1.54) is 24.3 Å². The molecule has 0 saturated carbocycles. The molecule has 4 rings (SSSR count). The summed E-state index contributed by atoms with van der Waals surface area (Å²) in [7, 11) is 0. The highest BCUT2D eigenvalue weighted by Crippen LogP contribution is 2.50. The van der Waals surface area contributed by atoms with E-state index in [1.807, 2.05) is 0 Å². The maximum Gasteiger partial charge on any atom is 0.210 e. The first-order valence-electron chi connectivity index (χ1n) is 6.88. The van der Waals surface area contributed by atoms with Crippen LogP contribution < -0.4 is 9.47 Å². The molecule has 0 radical (unpaired) electrons. The highest BCUT2D eigenvalue weighted by molar-refractivity contribution is 6.09. The van der Waals surface area contributed by atoms with Gasteiger partial charge in [0.15, 0.2) is 23.2 Å². The molecular weight excluding hydrogens is 304 g/mol. The maximum absolute atomic E-state index is 12.9. The summed E-state index contributed by atoms with van der Waals surface area (Å²) < 4.78 is 11.0. The molecule has 0 saturated heterocycles. The molecule has 2 aliphatic rings. The van der Waals surface area contributed by atoms with Gasteiger partial charge in [0.25, 0.3) is 0 Å². The number of hydrogen-bond donors (Lipinski definition) is 4. The number of carbonyl (C=O) groups excluding carboxylic acids is 1. The third-order valence-electron chi connectivity index (χ3n) is 4.16. The summed E-state index contributed by atoms with van der Waals surface area (Å²) in [6, 6.07) is 6.47. The molecule has 23 heavy (non-hydrogen) atoms. The number of phenols is 3. The van der Waals surface area contributed by atoms with E-state index < -0.39 is 23.2 Å². The van der Waals surface area contributed by atoms with Crippen molar-refractivity contribution in [2.24, 2.45) is 0 Å². The van der Waals surface area contributed by atoms with Crippen molar-refractivity contribution in [3.05, 3.63) is 41.5 Å². The van der Waals surface area contributed by atoms with Crippen LogP contribution in [0.4, 0.5) is 0 Å². The zero-order chi connectivity index (χ0) is 16.4. The van der Waals surface area contributed by atoms with Crippen molar-refractivity contribution in [1.82, 2.24) is 0 Å². The lowest BCUT2D eigenvalue weighted by Gasteiger charge is -2.43. The van der Waals surface area contributed by atoms with E-state index in [4.69, 9.17) is 9.47 Å². The zero-order valence-corrected chi connectivity index (χ0v) is 11.7. The van der Waals surface area contributed by atoms with Crippen molar-refractivity contribution in [2.75, 3.05) is 6.61 Å². The maximum atomic E-state index is 12.9. The summed E-state index contributed by atoms with van der Waals surface area (Å²) in [4.78, 5) is 12.9. The predicted molar refractivity (Wildman–Crippen MR) is 76.0 cm³/mol. The molecule has 118 valence electrons. The van der Waals surface area contributed by atoms with Gasteiger partial charge in [0, 0.05) is 17.7 Å². The van der Waals surface area contributed by atoms with Gasteiger partial charge in [-0.3, -0.25) is 4.79 Å². The Labute approximate surface area is 130 Å². The summed E-state index contributed by atoms with van der Waals surface area (Å²) in [6.45, 7) is -0.178. The molecule has 2 atom stereocenters. The molecule has 0 spiro atoms. The first-order valence-corrected chi connectivity index (χ1v) is 6.88. The van der Waals surface area contributed by atoms with E-state index >= 15 is 0 Å². The van der Waals surface area contributed by atoms with Crippen LogP contribution in [0.25, 0.3) is 0 Å². The van der Waals surface area contributed by atoms with Crippen molar-refractivity contribution in [3.8, 4) is 28.7 Å². The van der Waals surface area contributed by atoms with Gasteiger partial charge in [0.05, 0.1) is 0 Å². The molecule has 2 heterocycles. The van der Waals surface area contributed by atoms with E-state index in [9.17, 15) is 25.2 Å². The van der Waals surface area contributed by atoms with Crippen LogP contribution in [0.1, 0.15) is 15.9 Å². The molecule has 0 aliphatic carbocycles. The molecule has 2 unspecified atom stereocenters. The second kappa shape index (κ2) is 4.30. The SMILES string of the molecule is O=C1c2c(O)cc(O)cc2OC2COc3c(O)cccc3C12O. The number of para-hydroxylation sites is 1. The Morgan fingerprint density at radius 2 is 1.91 bits per heavy atom. The number of Topliss-reactive ketones (excluding diaryl/α,β-unsaturated/α-hetero) is 1. The predicted octanol–water partition coefficient (Wildman–Crippen LogP) is 1.03. The van der Waals surface area contributed by atoms with Gasteiger partial charge in [0.2, 0.25) is 5.78 Å². The molecule has 4 N–H and O–H groups in total. The van der Waals surface area contributed by atoms with Gasteiger partial charge in [0.1, 0.15) is 29.4 Å². The van der Waals surface area contributed by atoms with E-state index in [0.29, 0.717) is 0 Å². The van der Waals surface area contributed by atoms with E-state index in [-0.39, 0.29) is 40.7 Å². The molecule has 2 aromatic rings. The smallest absolute Gasteiger partial charge is 0.210 e. The molecule has 0 aromatic heterocycles. The van der Waals surface area contributed by atoms with Gasteiger partial charge in [-0.1, -0.05) is 12.1 Å². The Balaban J connectivity index is 1.97. The number of ether oxygens (including phenoxy) is 2. The van der Waals surface area contributed by atoms with Gasteiger partial charge in [-0.2, -0.15) is 0 Å². The fourth-order valence-corrected chi connectivity index (χ4v) is 3.07. The third-order valence-corrected chi connectivity index (χ3v) is 4.16. The van der Waals surface area contributed by atoms with E-state index in [1.54, 1.807) is 0 Å². The summed E-state index contributed by atoms with van der Waals surface area (Å²) in [5, 5.41) is 40.4. The first kappa shape index (κ1) is 13.7. The topological polar surface area (TPSA) is 116 Å². The number of hydrogen-bond acceptors (Lipinski definition) is 7. The summed E-state index contributed by atoms with van der Waals surface area (Å²) >= 11 is 0. The molecule has 7 heteroatoms. The Hall–Kier alpha value is -2.93. The summed E-state index contributed by atoms with van der Waals surface area (Å²) in [5.74, 6) is -1.78. The zero-order valence-electron chi connectivity index (χ0n) is 11.7. The van der Waals surface area contributed by atoms with Gasteiger partial charge in [-0.25, -0.2) is 0 Å². The molecule has 7 nitrogen and oxygen atoms in total. The third kappa shape index (κ3) is 1.65. The number of fused-ring (bicyclic) bond motifs is 4. The lowest BCUT2D eigenvalue weighted by Crippen LogP contribution is -2.57. The quantitative estimate of drug-likeness (QED) is 0.573. The average molecular weight is 316 g/mol. The second-order valence-corrected chi connectivity index (χ2v) is 5.50. The lowest BCUT2D eigenvalue weighted by molar-refractivity contribution is -0.0806. The van der Waals surface area contributed by atoms with Crippen LogP contribution in [-0.2, 0) is 5.60 Å². The minimum absolute atomic E-state index is 0.00455. The van der Waals surface area contributed by atoms with Crippen molar-refractivity contribution >= 4 is 5.78 Å². The minimum Gasteiger partial charge on any atom is -0.508 e. The Kier molecular flexibility index (Phi) is 2.56. The lowest BCUT2D eigenvalue weighted by atomic mass is 9.77. The van der Waals surface area contributed by atoms with Crippen molar-refractivity contribution in [1.29, 1.82) is 0 Å². The number of benzene rings is 2. The van der Waals surface area contributed by atoms with Gasteiger partial charge in [-0.15, -0.1) is 0 Å². The number of phenolic OH excluding ortho intramolecular Hbond substituents is 3. The molecule has 0 bridgehead atoms. The normalized spacial score (nSPS) is 24.7. The number of aliphatic hydroxyl groups is 1. The van der Waals surface area contributed by atoms with Crippen LogP contribution in [0.3, 0.4) is 0 Å². The highest BCUT2D eigenvalue weighted by Gasteiger charge is 2.56. The fraction of sp³-hybridized carbons (Fsp3) is 0.188. The molecule has 2 aromatic carbocycles. The Morgan fingerprint density at radius 3 is 2.70 bits per heavy atom. The summed E-state index contributed by atoms with van der Waals surface area (Å²) in [5.41, 5.74) is -2.26. The number of carbonyl (C=O) groups is 1. The van der Waals surface area contributed by atoms with E-state index in [0.717, 1.165) is 6.07 Å². The first-order chi connectivity index (χ1) is 10.9. The van der Waals surface area contributed by atoms with Crippen LogP contribution in [0.2, 0.25) is 0 Å². The second-order valence-electron chi connectivity index (χ2n) is 5.50. The van der Waals surface area contributed by atoms with Crippen molar-refractivity contribution in [2.45, 2.75) is 11.7 Å². The van der Waals surface area contributed by atoms with Crippen LogP contribution in [0.15, 0.2) is 30.3 Å². The molecule has 2 aliphatic heterocycles. The van der Waals surface area contributed by atoms with Crippen molar-refractivity contribution in [3.63, 3.8) is 0 Å². The largest absolute Gasteiger partial charge is 0.508 e.